The summed E-state index contributed by atoms with van der Waals surface area (Å²) in [7, 11) is 0. The number of hydrogen-bond donors (Lipinski definition) is 1. The van der Waals surface area contributed by atoms with Crippen LogP contribution < -0.4 is 10.1 Å². The van der Waals surface area contributed by atoms with Gasteiger partial charge in [-0.3, -0.25) is 0 Å². The number of fused-ring (bicyclic) bond motifs is 5. The maximum absolute atomic E-state index is 6.16. The summed E-state index contributed by atoms with van der Waals surface area (Å²) in [5.74, 6) is 2.55. The zero-order valence-corrected chi connectivity index (χ0v) is 12.2. The monoisotopic (exact) mass is 305 g/mol. The molecular weight excluding hydrogens is 293 g/mol. The van der Waals surface area contributed by atoms with Gasteiger partial charge in [0, 0.05) is 46.1 Å². The molecule has 0 aliphatic carbocycles. The minimum absolute atomic E-state index is 0.378. The summed E-state index contributed by atoms with van der Waals surface area (Å²) < 4.78 is 6.10. The Morgan fingerprint density at radius 2 is 1.35 bits per heavy atom. The van der Waals surface area contributed by atoms with E-state index in [-0.39, 0.29) is 0 Å². The Balaban J connectivity index is 1.94. The fourth-order valence-corrected chi connectivity index (χ4v) is 3.62. The summed E-state index contributed by atoms with van der Waals surface area (Å²) in [6.45, 7) is 1.88. The normalized spacial score (nSPS) is 23.3. The van der Waals surface area contributed by atoms with E-state index in [0.717, 1.165) is 34.6 Å². The molecule has 102 valence electrons. The Bertz CT molecular complexity index is 629. The Morgan fingerprint density at radius 3 is 1.85 bits per heavy atom. The van der Waals surface area contributed by atoms with Crippen molar-refractivity contribution in [2.45, 2.75) is 11.8 Å². The number of hydrogen-bond acceptors (Lipinski definition) is 2. The maximum Gasteiger partial charge on any atom is 0.131 e. The van der Waals surface area contributed by atoms with Gasteiger partial charge in [0.05, 0.1) is 0 Å². The third-order valence-corrected chi connectivity index (χ3v) is 4.65. The van der Waals surface area contributed by atoms with E-state index in [4.69, 9.17) is 27.9 Å². The van der Waals surface area contributed by atoms with Crippen molar-refractivity contribution >= 4 is 23.2 Å². The highest BCUT2D eigenvalue weighted by molar-refractivity contribution is 6.31. The molecule has 20 heavy (non-hydrogen) atoms. The Hall–Kier alpha value is -1.22. The summed E-state index contributed by atoms with van der Waals surface area (Å²) >= 11 is 12.3. The van der Waals surface area contributed by atoms with E-state index in [1.54, 1.807) is 0 Å². The lowest BCUT2D eigenvalue weighted by Gasteiger charge is -2.17. The van der Waals surface area contributed by atoms with Crippen LogP contribution in [0.15, 0.2) is 36.4 Å². The van der Waals surface area contributed by atoms with Gasteiger partial charge in [-0.25, -0.2) is 0 Å². The van der Waals surface area contributed by atoms with Crippen LogP contribution in [-0.2, 0) is 0 Å². The summed E-state index contributed by atoms with van der Waals surface area (Å²) in [4.78, 5) is 0. The molecule has 0 spiro atoms. The van der Waals surface area contributed by atoms with E-state index in [1.807, 2.05) is 36.4 Å². The van der Waals surface area contributed by atoms with Crippen molar-refractivity contribution in [1.82, 2.24) is 5.32 Å². The summed E-state index contributed by atoms with van der Waals surface area (Å²) in [5, 5.41) is 4.97. The number of halogens is 2. The minimum Gasteiger partial charge on any atom is -0.457 e. The second-order valence-corrected chi connectivity index (χ2v) is 6.21. The van der Waals surface area contributed by atoms with Crippen LogP contribution in [0.2, 0.25) is 10.0 Å². The van der Waals surface area contributed by atoms with Crippen LogP contribution in [0.25, 0.3) is 0 Å². The van der Waals surface area contributed by atoms with Crippen LogP contribution in [0.4, 0.5) is 0 Å². The molecule has 1 fully saturated rings. The van der Waals surface area contributed by atoms with E-state index in [2.05, 4.69) is 5.32 Å². The molecule has 0 saturated carbocycles. The summed E-state index contributed by atoms with van der Waals surface area (Å²) in [6.07, 6.45) is 0. The number of rotatable bonds is 0. The van der Waals surface area contributed by atoms with Crippen molar-refractivity contribution in [2.75, 3.05) is 13.1 Å². The smallest absolute Gasteiger partial charge is 0.131 e. The molecule has 2 atom stereocenters. The van der Waals surface area contributed by atoms with Gasteiger partial charge in [0.1, 0.15) is 11.5 Å². The third kappa shape index (κ3) is 1.91. The van der Waals surface area contributed by atoms with Crippen molar-refractivity contribution in [1.29, 1.82) is 0 Å². The van der Waals surface area contributed by atoms with E-state index in [1.165, 1.54) is 11.1 Å². The Kier molecular flexibility index (Phi) is 2.92. The molecule has 1 N–H and O–H groups in total. The first-order valence-electron chi connectivity index (χ1n) is 6.70. The van der Waals surface area contributed by atoms with E-state index < -0.39 is 0 Å². The van der Waals surface area contributed by atoms with Gasteiger partial charge in [0.25, 0.3) is 0 Å². The lowest BCUT2D eigenvalue weighted by Crippen LogP contribution is -2.08. The van der Waals surface area contributed by atoms with Crippen molar-refractivity contribution in [3.8, 4) is 11.5 Å². The predicted octanol–water partition coefficient (Wildman–Crippen LogP) is 4.57. The summed E-state index contributed by atoms with van der Waals surface area (Å²) in [5.41, 5.74) is 2.36. The zero-order valence-electron chi connectivity index (χ0n) is 10.7. The SMILES string of the molecule is Clc1ccc2c(c1)[C@H]1CNC[C@@H]1c1cc(Cl)ccc1O2. The van der Waals surface area contributed by atoms with Gasteiger partial charge < -0.3 is 10.1 Å². The molecule has 0 bridgehead atoms. The first-order chi connectivity index (χ1) is 9.72. The van der Waals surface area contributed by atoms with Gasteiger partial charge >= 0.3 is 0 Å². The molecule has 1 saturated heterocycles. The van der Waals surface area contributed by atoms with Crippen LogP contribution in [-0.4, -0.2) is 13.1 Å². The van der Waals surface area contributed by atoms with Gasteiger partial charge in [-0.15, -0.1) is 0 Å². The maximum atomic E-state index is 6.16. The topological polar surface area (TPSA) is 21.3 Å². The average molecular weight is 306 g/mol. The molecule has 4 rings (SSSR count). The molecule has 2 nitrogen and oxygen atoms in total. The molecule has 2 aromatic carbocycles. The second-order valence-electron chi connectivity index (χ2n) is 5.34. The fourth-order valence-electron chi connectivity index (χ4n) is 3.25. The zero-order chi connectivity index (χ0) is 13.7. The summed E-state index contributed by atoms with van der Waals surface area (Å²) in [6, 6.07) is 11.7. The van der Waals surface area contributed by atoms with E-state index in [9.17, 15) is 0 Å². The Labute approximate surface area is 127 Å². The second kappa shape index (κ2) is 4.66. The van der Waals surface area contributed by atoms with Crippen LogP contribution in [0.5, 0.6) is 11.5 Å². The lowest BCUT2D eigenvalue weighted by atomic mass is 9.84. The number of ether oxygens (including phenoxy) is 1. The van der Waals surface area contributed by atoms with Crippen LogP contribution in [0, 0.1) is 0 Å². The standard InChI is InChI=1S/C16H13Cl2NO/c17-9-1-3-15-11(5-9)13-7-19-8-14(13)12-6-10(18)2-4-16(12)20-15/h1-6,13-14,19H,7-8H2/t13-,14-/m1/s1. The third-order valence-electron chi connectivity index (χ3n) is 4.18. The quantitative estimate of drug-likeness (QED) is 0.770. The highest BCUT2D eigenvalue weighted by atomic mass is 35.5. The molecule has 2 heterocycles. The number of nitrogens with one attached hydrogen (secondary N) is 1. The molecule has 0 amide bonds. The predicted molar refractivity (Wildman–Crippen MR) is 81.3 cm³/mol. The minimum atomic E-state index is 0.378. The molecule has 2 aliphatic heterocycles. The fraction of sp³-hybridized carbons (Fsp3) is 0.250. The highest BCUT2D eigenvalue weighted by Crippen LogP contribution is 2.48. The van der Waals surface area contributed by atoms with Gasteiger partial charge in [-0.1, -0.05) is 23.2 Å². The average Bonchev–Trinajstić information content (AvgIpc) is 2.87. The first-order valence-corrected chi connectivity index (χ1v) is 7.45. The Morgan fingerprint density at radius 1 is 0.850 bits per heavy atom. The van der Waals surface area contributed by atoms with Crippen molar-refractivity contribution in [3.05, 3.63) is 57.6 Å². The molecule has 4 heteroatoms. The molecule has 0 aromatic heterocycles. The first kappa shape index (κ1) is 12.5. The van der Waals surface area contributed by atoms with Gasteiger partial charge in [-0.05, 0) is 36.4 Å². The largest absolute Gasteiger partial charge is 0.457 e. The van der Waals surface area contributed by atoms with Crippen molar-refractivity contribution in [3.63, 3.8) is 0 Å². The molecule has 0 radical (unpaired) electrons. The van der Waals surface area contributed by atoms with Crippen LogP contribution in [0.3, 0.4) is 0 Å². The van der Waals surface area contributed by atoms with Crippen LogP contribution in [0.1, 0.15) is 23.0 Å². The molecule has 2 aromatic rings. The van der Waals surface area contributed by atoms with Crippen molar-refractivity contribution < 1.29 is 4.74 Å². The molecular formula is C16H13Cl2NO. The van der Waals surface area contributed by atoms with E-state index >= 15 is 0 Å². The highest BCUT2D eigenvalue weighted by Gasteiger charge is 2.36. The lowest BCUT2D eigenvalue weighted by molar-refractivity contribution is 0.476. The molecule has 2 aliphatic rings. The van der Waals surface area contributed by atoms with Gasteiger partial charge in [0.2, 0.25) is 0 Å². The van der Waals surface area contributed by atoms with E-state index in [0.29, 0.717) is 11.8 Å². The number of benzene rings is 2. The molecule has 0 unspecified atom stereocenters. The van der Waals surface area contributed by atoms with Gasteiger partial charge in [-0.2, -0.15) is 0 Å². The van der Waals surface area contributed by atoms with Gasteiger partial charge in [0.15, 0.2) is 0 Å². The van der Waals surface area contributed by atoms with Crippen LogP contribution >= 0.6 is 23.2 Å². The van der Waals surface area contributed by atoms with Crippen molar-refractivity contribution in [2.24, 2.45) is 0 Å².